The third kappa shape index (κ3) is 3.49. The number of piperidine rings is 1. The summed E-state index contributed by atoms with van der Waals surface area (Å²) < 4.78 is 1.63. The van der Waals surface area contributed by atoms with E-state index in [-0.39, 0.29) is 17.8 Å². The SMILES string of the molecule is CCN1CCC(CC#N)(n2cc(NC(=O)NC)c(C(N)=O)n2)CC1. The van der Waals surface area contributed by atoms with Crippen molar-refractivity contribution in [2.75, 3.05) is 32.0 Å². The van der Waals surface area contributed by atoms with E-state index in [9.17, 15) is 14.9 Å². The van der Waals surface area contributed by atoms with E-state index in [0.29, 0.717) is 0 Å². The van der Waals surface area contributed by atoms with Gasteiger partial charge in [-0.2, -0.15) is 10.4 Å². The molecule has 4 N–H and O–H groups in total. The number of nitriles is 1. The lowest BCUT2D eigenvalue weighted by atomic mass is 9.85. The molecule has 1 aliphatic heterocycles. The van der Waals surface area contributed by atoms with E-state index >= 15 is 0 Å². The average molecular weight is 333 g/mol. The van der Waals surface area contributed by atoms with Gasteiger partial charge in [-0.25, -0.2) is 4.79 Å². The molecule has 1 aromatic rings. The Morgan fingerprint density at radius 2 is 2.12 bits per heavy atom. The molecule has 1 aromatic heterocycles. The first kappa shape index (κ1) is 17.7. The van der Waals surface area contributed by atoms with Gasteiger partial charge in [-0.05, 0) is 19.4 Å². The zero-order valence-corrected chi connectivity index (χ0v) is 14.0. The molecule has 0 aromatic carbocycles. The zero-order chi connectivity index (χ0) is 17.7. The number of likely N-dealkylation sites (tertiary alicyclic amines) is 1. The summed E-state index contributed by atoms with van der Waals surface area (Å²) in [6.45, 7) is 4.75. The number of hydrogen-bond donors (Lipinski definition) is 3. The summed E-state index contributed by atoms with van der Waals surface area (Å²) in [6.07, 6.45) is 3.36. The Hall–Kier alpha value is -2.60. The van der Waals surface area contributed by atoms with E-state index in [2.05, 4.69) is 33.6 Å². The van der Waals surface area contributed by atoms with Crippen LogP contribution in [0.4, 0.5) is 10.5 Å². The molecule has 0 aliphatic carbocycles. The predicted octanol–water partition coefficient (Wildman–Crippen LogP) is 0.458. The van der Waals surface area contributed by atoms with Gasteiger partial charge in [0.15, 0.2) is 5.69 Å². The number of amides is 3. The fourth-order valence-corrected chi connectivity index (χ4v) is 2.99. The van der Waals surface area contributed by atoms with Crippen molar-refractivity contribution in [3.63, 3.8) is 0 Å². The largest absolute Gasteiger partial charge is 0.364 e. The van der Waals surface area contributed by atoms with Crippen molar-refractivity contribution in [3.8, 4) is 6.07 Å². The van der Waals surface area contributed by atoms with Gasteiger partial charge in [0, 0.05) is 20.1 Å². The maximum absolute atomic E-state index is 11.6. The molecular weight excluding hydrogens is 310 g/mol. The molecule has 2 heterocycles. The third-order valence-corrected chi connectivity index (χ3v) is 4.55. The number of anilines is 1. The van der Waals surface area contributed by atoms with E-state index in [1.54, 1.807) is 10.9 Å². The van der Waals surface area contributed by atoms with Gasteiger partial charge in [0.05, 0.1) is 29.9 Å². The van der Waals surface area contributed by atoms with Crippen molar-refractivity contribution in [1.29, 1.82) is 5.26 Å². The summed E-state index contributed by atoms with van der Waals surface area (Å²) in [4.78, 5) is 25.5. The summed E-state index contributed by atoms with van der Waals surface area (Å²) >= 11 is 0. The second-order valence-electron chi connectivity index (χ2n) is 5.90. The number of nitrogens with two attached hydrogens (primary N) is 1. The highest BCUT2D eigenvalue weighted by atomic mass is 16.2. The highest BCUT2D eigenvalue weighted by Crippen LogP contribution is 2.34. The van der Waals surface area contributed by atoms with Crippen LogP contribution in [-0.4, -0.2) is 53.3 Å². The summed E-state index contributed by atoms with van der Waals surface area (Å²) in [5.41, 5.74) is 5.12. The van der Waals surface area contributed by atoms with Crippen LogP contribution in [0.25, 0.3) is 0 Å². The maximum Gasteiger partial charge on any atom is 0.319 e. The molecule has 1 saturated heterocycles. The van der Waals surface area contributed by atoms with Crippen LogP contribution in [0.15, 0.2) is 6.20 Å². The Labute approximate surface area is 140 Å². The second-order valence-corrected chi connectivity index (χ2v) is 5.90. The van der Waals surface area contributed by atoms with Crippen LogP contribution >= 0.6 is 0 Å². The molecule has 2 rings (SSSR count). The Morgan fingerprint density at radius 3 is 2.62 bits per heavy atom. The molecule has 9 heteroatoms. The van der Waals surface area contributed by atoms with Crippen LogP contribution in [0, 0.1) is 11.3 Å². The van der Waals surface area contributed by atoms with Crippen molar-refractivity contribution in [2.24, 2.45) is 5.73 Å². The minimum atomic E-state index is -0.724. The molecule has 24 heavy (non-hydrogen) atoms. The smallest absolute Gasteiger partial charge is 0.319 e. The van der Waals surface area contributed by atoms with Crippen LogP contribution in [0.3, 0.4) is 0 Å². The maximum atomic E-state index is 11.6. The van der Waals surface area contributed by atoms with Crippen LogP contribution in [0.1, 0.15) is 36.7 Å². The second kappa shape index (κ2) is 7.31. The van der Waals surface area contributed by atoms with Crippen molar-refractivity contribution in [3.05, 3.63) is 11.9 Å². The Morgan fingerprint density at radius 1 is 1.46 bits per heavy atom. The molecule has 0 atom stereocenters. The molecule has 0 spiro atoms. The summed E-state index contributed by atoms with van der Waals surface area (Å²) in [7, 11) is 1.47. The van der Waals surface area contributed by atoms with Gasteiger partial charge < -0.3 is 21.3 Å². The van der Waals surface area contributed by atoms with E-state index in [4.69, 9.17) is 5.73 Å². The minimum Gasteiger partial charge on any atom is -0.364 e. The molecule has 1 aliphatic rings. The lowest BCUT2D eigenvalue weighted by Crippen LogP contribution is -2.46. The zero-order valence-electron chi connectivity index (χ0n) is 14.0. The number of nitrogens with one attached hydrogen (secondary N) is 2. The van der Waals surface area contributed by atoms with Gasteiger partial charge in [0.2, 0.25) is 0 Å². The quantitative estimate of drug-likeness (QED) is 0.721. The van der Waals surface area contributed by atoms with Gasteiger partial charge in [-0.15, -0.1) is 0 Å². The number of rotatable bonds is 5. The number of carbonyl (C=O) groups excluding carboxylic acids is 2. The number of carbonyl (C=O) groups is 2. The molecular formula is C15H23N7O2. The van der Waals surface area contributed by atoms with E-state index < -0.39 is 17.5 Å². The summed E-state index contributed by atoms with van der Waals surface area (Å²) in [6, 6.07) is 1.76. The molecule has 130 valence electrons. The predicted molar refractivity (Wildman–Crippen MR) is 88.4 cm³/mol. The van der Waals surface area contributed by atoms with E-state index in [1.807, 2.05) is 0 Å². The van der Waals surface area contributed by atoms with Crippen molar-refractivity contribution < 1.29 is 9.59 Å². The highest BCUT2D eigenvalue weighted by molar-refractivity contribution is 6.00. The summed E-state index contributed by atoms with van der Waals surface area (Å²) in [5, 5.41) is 18.5. The van der Waals surface area contributed by atoms with Crippen molar-refractivity contribution >= 4 is 17.6 Å². The van der Waals surface area contributed by atoms with Gasteiger partial charge in [0.1, 0.15) is 0 Å². The van der Waals surface area contributed by atoms with Gasteiger partial charge in [0.25, 0.3) is 5.91 Å². The van der Waals surface area contributed by atoms with Crippen LogP contribution in [0.2, 0.25) is 0 Å². The molecule has 0 unspecified atom stereocenters. The highest BCUT2D eigenvalue weighted by Gasteiger charge is 2.38. The minimum absolute atomic E-state index is 0.00571. The third-order valence-electron chi connectivity index (χ3n) is 4.55. The summed E-state index contributed by atoms with van der Waals surface area (Å²) in [5.74, 6) is -0.724. The van der Waals surface area contributed by atoms with E-state index in [1.165, 1.54) is 7.05 Å². The number of hydrogen-bond acceptors (Lipinski definition) is 5. The van der Waals surface area contributed by atoms with Gasteiger partial charge in [-0.3, -0.25) is 9.48 Å². The molecule has 0 bridgehead atoms. The average Bonchev–Trinajstić information content (AvgIpc) is 3.00. The Balaban J connectivity index is 2.37. The van der Waals surface area contributed by atoms with Gasteiger partial charge >= 0.3 is 6.03 Å². The molecule has 9 nitrogen and oxygen atoms in total. The number of urea groups is 1. The first-order chi connectivity index (χ1) is 11.5. The lowest BCUT2D eigenvalue weighted by molar-refractivity contribution is 0.0973. The van der Waals surface area contributed by atoms with Crippen LogP contribution < -0.4 is 16.4 Å². The standard InChI is InChI=1S/C15H23N7O2/c1-3-21-8-5-15(4-7-16,6-9-21)22-10-11(19-14(24)18-2)12(20-22)13(17)23/h10H,3-6,8-9H2,1-2H3,(H2,17,23)(H2,18,19,24). The molecule has 3 amide bonds. The number of nitrogens with zero attached hydrogens (tertiary/aromatic N) is 4. The lowest BCUT2D eigenvalue weighted by Gasteiger charge is -2.40. The fourth-order valence-electron chi connectivity index (χ4n) is 2.99. The number of primary amides is 1. The van der Waals surface area contributed by atoms with Crippen LogP contribution in [-0.2, 0) is 5.54 Å². The monoisotopic (exact) mass is 333 g/mol. The Bertz CT molecular complexity index is 653. The van der Waals surface area contributed by atoms with Crippen molar-refractivity contribution in [1.82, 2.24) is 20.0 Å². The molecule has 0 saturated carbocycles. The normalized spacial score (nSPS) is 17.0. The number of aromatic nitrogens is 2. The fraction of sp³-hybridized carbons (Fsp3) is 0.600. The first-order valence-corrected chi connectivity index (χ1v) is 7.93. The Kier molecular flexibility index (Phi) is 5.41. The van der Waals surface area contributed by atoms with Gasteiger partial charge in [-0.1, -0.05) is 6.92 Å². The van der Waals surface area contributed by atoms with Crippen LogP contribution in [0.5, 0.6) is 0 Å². The van der Waals surface area contributed by atoms with Crippen molar-refractivity contribution in [2.45, 2.75) is 31.7 Å². The van der Waals surface area contributed by atoms with E-state index in [0.717, 1.165) is 32.5 Å². The molecule has 0 radical (unpaired) electrons. The topological polar surface area (TPSA) is 129 Å². The first-order valence-electron chi connectivity index (χ1n) is 7.93. The molecule has 1 fully saturated rings.